The van der Waals surface area contributed by atoms with Crippen LogP contribution >= 0.6 is 0 Å². The smallest absolute Gasteiger partial charge is 0.475 e. The fourth-order valence-electron chi connectivity index (χ4n) is 3.22. The van der Waals surface area contributed by atoms with E-state index in [2.05, 4.69) is 20.7 Å². The molecule has 0 aliphatic carbocycles. The first kappa shape index (κ1) is 24.0. The molecule has 176 valence electrons. The number of ether oxygens (including phenoxy) is 1. The summed E-state index contributed by atoms with van der Waals surface area (Å²) in [6.45, 7) is 2.33. The number of aryl methyl sites for hydroxylation is 1. The van der Waals surface area contributed by atoms with Gasteiger partial charge in [0.1, 0.15) is 0 Å². The molecule has 4 rings (SSSR count). The van der Waals surface area contributed by atoms with Crippen molar-refractivity contribution in [2.75, 3.05) is 6.54 Å². The van der Waals surface area contributed by atoms with Gasteiger partial charge in [0.15, 0.2) is 0 Å². The number of halogens is 3. The Bertz CT molecular complexity index is 1080. The van der Waals surface area contributed by atoms with E-state index in [4.69, 9.17) is 14.6 Å². The summed E-state index contributed by atoms with van der Waals surface area (Å²) >= 11 is 0. The molecule has 1 amide bonds. The number of aromatic nitrogens is 4. The van der Waals surface area contributed by atoms with Gasteiger partial charge >= 0.3 is 12.1 Å². The van der Waals surface area contributed by atoms with Crippen LogP contribution in [0.3, 0.4) is 0 Å². The number of carboxylic acids is 1. The van der Waals surface area contributed by atoms with Crippen LogP contribution in [0.1, 0.15) is 21.6 Å². The van der Waals surface area contributed by atoms with E-state index in [0.717, 1.165) is 17.8 Å². The Morgan fingerprint density at radius 3 is 2.52 bits per heavy atom. The maximum absolute atomic E-state index is 12.9. The highest BCUT2D eigenvalue weighted by Gasteiger charge is 2.38. The highest BCUT2D eigenvalue weighted by atomic mass is 19.4. The van der Waals surface area contributed by atoms with Gasteiger partial charge in [0.2, 0.25) is 0 Å². The Hall–Kier alpha value is -3.67. The Morgan fingerprint density at radius 2 is 1.91 bits per heavy atom. The lowest BCUT2D eigenvalue weighted by Gasteiger charge is -2.24. The Morgan fingerprint density at radius 1 is 1.21 bits per heavy atom. The zero-order chi connectivity index (χ0) is 24.0. The number of hydrogen-bond donors (Lipinski definition) is 1. The van der Waals surface area contributed by atoms with Gasteiger partial charge in [0.25, 0.3) is 5.91 Å². The fraction of sp³-hybridized carbons (Fsp3) is 0.333. The summed E-state index contributed by atoms with van der Waals surface area (Å²) in [6, 6.07) is 7.94. The number of pyridine rings is 1. The summed E-state index contributed by atoms with van der Waals surface area (Å²) < 4.78 is 41.7. The van der Waals surface area contributed by atoms with Crippen molar-refractivity contribution in [3.63, 3.8) is 0 Å². The van der Waals surface area contributed by atoms with Gasteiger partial charge in [-0.25, -0.2) is 4.79 Å². The van der Waals surface area contributed by atoms with Crippen LogP contribution in [0, 0.1) is 0 Å². The van der Waals surface area contributed by atoms with Gasteiger partial charge in [0, 0.05) is 44.1 Å². The molecule has 33 heavy (non-hydrogen) atoms. The van der Waals surface area contributed by atoms with Gasteiger partial charge in [-0.1, -0.05) is 0 Å². The first-order valence-corrected chi connectivity index (χ1v) is 9.86. The van der Waals surface area contributed by atoms with Gasteiger partial charge in [-0.05, 0) is 29.8 Å². The van der Waals surface area contributed by atoms with Crippen molar-refractivity contribution in [2.24, 2.45) is 7.05 Å². The number of carbonyl (C=O) groups excluding carboxylic acids is 1. The third-order valence-corrected chi connectivity index (χ3v) is 4.82. The van der Waals surface area contributed by atoms with E-state index in [1.807, 2.05) is 36.3 Å². The molecule has 0 aromatic carbocycles. The van der Waals surface area contributed by atoms with E-state index in [9.17, 15) is 18.0 Å². The van der Waals surface area contributed by atoms with Crippen LogP contribution < -0.4 is 0 Å². The molecule has 1 atom stereocenters. The van der Waals surface area contributed by atoms with Gasteiger partial charge in [0.05, 0.1) is 37.6 Å². The summed E-state index contributed by atoms with van der Waals surface area (Å²) in [5.41, 5.74) is 2.78. The molecule has 3 aromatic rings. The van der Waals surface area contributed by atoms with Crippen LogP contribution in [-0.2, 0) is 36.3 Å². The molecule has 0 bridgehead atoms. The largest absolute Gasteiger partial charge is 0.490 e. The number of carbonyl (C=O) groups is 2. The second kappa shape index (κ2) is 10.3. The molecule has 12 heteroatoms. The van der Waals surface area contributed by atoms with Crippen molar-refractivity contribution in [3.05, 3.63) is 72.1 Å². The zero-order valence-corrected chi connectivity index (χ0v) is 17.6. The number of amides is 1. The van der Waals surface area contributed by atoms with E-state index in [-0.39, 0.29) is 12.0 Å². The van der Waals surface area contributed by atoms with Crippen LogP contribution in [0.15, 0.2) is 55.2 Å². The second-order valence-electron chi connectivity index (χ2n) is 7.33. The minimum absolute atomic E-state index is 0.0229. The highest BCUT2D eigenvalue weighted by molar-refractivity contribution is 5.93. The summed E-state index contributed by atoms with van der Waals surface area (Å²) in [6.07, 6.45) is 3.74. The molecule has 9 nitrogen and oxygen atoms in total. The van der Waals surface area contributed by atoms with E-state index >= 15 is 0 Å². The number of alkyl halides is 3. The quantitative estimate of drug-likeness (QED) is 0.635. The summed E-state index contributed by atoms with van der Waals surface area (Å²) in [5.74, 6) is -2.78. The zero-order valence-electron chi connectivity index (χ0n) is 17.6. The number of hydrogen-bond acceptors (Lipinski definition) is 5. The molecule has 0 saturated heterocycles. The molecule has 1 N–H and O–H groups in total. The number of fused-ring (bicyclic) bond motifs is 1. The lowest BCUT2D eigenvalue weighted by atomic mass is 10.2. The Kier molecular flexibility index (Phi) is 7.48. The van der Waals surface area contributed by atoms with Crippen LogP contribution in [-0.4, -0.2) is 60.0 Å². The second-order valence-corrected chi connectivity index (χ2v) is 7.33. The number of rotatable bonds is 4. The number of aliphatic carboxylic acids is 1. The predicted octanol–water partition coefficient (Wildman–Crippen LogP) is 2.49. The lowest BCUT2D eigenvalue weighted by molar-refractivity contribution is -0.192. The highest BCUT2D eigenvalue weighted by Crippen LogP contribution is 2.18. The first-order chi connectivity index (χ1) is 15.6. The standard InChI is InChI=1S/C19H21N5O2.C2HF3O2/c1-22-10-16(9-21-22)19(25)24-11-17-3-2-8-23(17)12-18(13-24)26-14-15-4-6-20-7-5-15;3-2(4,5)1(6)7/h2-10,18H,11-14H2,1H3;(H,6,7). The predicted molar refractivity (Wildman–Crippen MR) is 109 cm³/mol. The van der Waals surface area contributed by atoms with Crippen LogP contribution in [0.25, 0.3) is 0 Å². The average molecular weight is 465 g/mol. The monoisotopic (exact) mass is 465 g/mol. The van der Waals surface area contributed by atoms with Crippen LogP contribution in [0.5, 0.6) is 0 Å². The third kappa shape index (κ3) is 6.65. The Balaban J connectivity index is 0.000000383. The molecule has 0 spiro atoms. The van der Waals surface area contributed by atoms with Gasteiger partial charge in [-0.2, -0.15) is 18.3 Å². The molecule has 0 radical (unpaired) electrons. The first-order valence-electron chi connectivity index (χ1n) is 9.86. The molecule has 1 aliphatic heterocycles. The fourth-order valence-corrected chi connectivity index (χ4v) is 3.22. The number of carboxylic acid groups (broad SMARTS) is 1. The lowest BCUT2D eigenvalue weighted by Crippen LogP contribution is -2.37. The van der Waals surface area contributed by atoms with Crippen molar-refractivity contribution in [1.29, 1.82) is 0 Å². The third-order valence-electron chi connectivity index (χ3n) is 4.82. The van der Waals surface area contributed by atoms with E-state index < -0.39 is 12.1 Å². The number of nitrogens with zero attached hydrogens (tertiary/aromatic N) is 5. The molecule has 0 saturated carbocycles. The average Bonchev–Trinajstić information content (AvgIpc) is 3.36. The minimum Gasteiger partial charge on any atom is -0.475 e. The van der Waals surface area contributed by atoms with E-state index in [1.54, 1.807) is 29.5 Å². The van der Waals surface area contributed by atoms with Crippen molar-refractivity contribution >= 4 is 11.9 Å². The molecular formula is C21H22F3N5O4. The van der Waals surface area contributed by atoms with E-state index in [0.29, 0.717) is 25.3 Å². The van der Waals surface area contributed by atoms with Gasteiger partial charge in [-0.15, -0.1) is 0 Å². The van der Waals surface area contributed by atoms with Crippen molar-refractivity contribution < 1.29 is 32.6 Å². The maximum atomic E-state index is 12.9. The Labute approximate surface area is 187 Å². The van der Waals surface area contributed by atoms with Crippen molar-refractivity contribution in [3.8, 4) is 0 Å². The van der Waals surface area contributed by atoms with E-state index in [1.165, 1.54) is 0 Å². The molecule has 1 aliphatic rings. The normalized spacial score (nSPS) is 15.8. The molecule has 0 fully saturated rings. The SMILES string of the molecule is Cn1cc(C(=O)N2Cc3cccn3CC(OCc3ccncc3)C2)cn1.O=C(O)C(F)(F)F. The summed E-state index contributed by atoms with van der Waals surface area (Å²) in [7, 11) is 1.81. The van der Waals surface area contributed by atoms with Crippen molar-refractivity contribution in [2.45, 2.75) is 32.0 Å². The summed E-state index contributed by atoms with van der Waals surface area (Å²) in [4.78, 5) is 27.7. The maximum Gasteiger partial charge on any atom is 0.490 e. The van der Waals surface area contributed by atoms with Gasteiger partial charge in [-0.3, -0.25) is 14.5 Å². The topological polar surface area (TPSA) is 102 Å². The molecule has 3 aromatic heterocycles. The molecular weight excluding hydrogens is 443 g/mol. The molecule has 1 unspecified atom stereocenters. The van der Waals surface area contributed by atoms with Gasteiger partial charge < -0.3 is 19.3 Å². The minimum atomic E-state index is -5.08. The molecule has 4 heterocycles. The van der Waals surface area contributed by atoms with Crippen LogP contribution in [0.4, 0.5) is 13.2 Å². The summed E-state index contributed by atoms with van der Waals surface area (Å²) in [5, 5.41) is 11.2. The van der Waals surface area contributed by atoms with Crippen molar-refractivity contribution in [1.82, 2.24) is 24.2 Å². The van der Waals surface area contributed by atoms with Crippen LogP contribution in [0.2, 0.25) is 0 Å².